The van der Waals surface area contributed by atoms with E-state index in [0.717, 1.165) is 19.3 Å². The molecular formula is C17H21ClN2O5. The Balaban J connectivity index is 2.45. The summed E-state index contributed by atoms with van der Waals surface area (Å²) in [5.41, 5.74) is 1.09. The summed E-state index contributed by atoms with van der Waals surface area (Å²) >= 11 is 5.67. The van der Waals surface area contributed by atoms with Crippen molar-refractivity contribution >= 4 is 17.6 Å². The third kappa shape index (κ3) is 4.04. The van der Waals surface area contributed by atoms with E-state index in [4.69, 9.17) is 16.0 Å². The van der Waals surface area contributed by atoms with Gasteiger partial charge in [0.1, 0.15) is 11.7 Å². The van der Waals surface area contributed by atoms with E-state index in [9.17, 15) is 20.0 Å². The van der Waals surface area contributed by atoms with Crippen molar-refractivity contribution in [2.75, 3.05) is 5.88 Å². The Labute approximate surface area is 150 Å². The van der Waals surface area contributed by atoms with Crippen LogP contribution >= 0.6 is 11.6 Å². The van der Waals surface area contributed by atoms with E-state index in [2.05, 4.69) is 5.32 Å². The van der Waals surface area contributed by atoms with Gasteiger partial charge in [0.2, 0.25) is 0 Å². The van der Waals surface area contributed by atoms with E-state index < -0.39 is 16.8 Å². The molecule has 0 saturated carbocycles. The number of nitro groups is 1. The number of hydrogen-bond acceptors (Lipinski definition) is 5. The lowest BCUT2D eigenvalue weighted by Crippen LogP contribution is -2.31. The highest BCUT2D eigenvalue weighted by molar-refractivity contribution is 6.17. The number of nitrogens with zero attached hydrogens (tertiary/aromatic N) is 1. The summed E-state index contributed by atoms with van der Waals surface area (Å²) in [6.45, 7) is 3.18. The zero-order valence-electron chi connectivity index (χ0n) is 14.2. The molecule has 0 aromatic carbocycles. The summed E-state index contributed by atoms with van der Waals surface area (Å²) in [4.78, 5) is 22.8. The third-order valence-corrected chi connectivity index (χ3v) is 4.55. The Bertz CT molecular complexity index is 699. The molecular weight excluding hydrogens is 348 g/mol. The zero-order chi connectivity index (χ0) is 18.6. The van der Waals surface area contributed by atoms with Crippen molar-refractivity contribution in [3.8, 4) is 0 Å². The number of alkyl halides is 1. The van der Waals surface area contributed by atoms with E-state index >= 15 is 0 Å². The predicted molar refractivity (Wildman–Crippen MR) is 92.9 cm³/mol. The van der Waals surface area contributed by atoms with E-state index in [1.54, 1.807) is 19.9 Å². The maximum Gasteiger partial charge on any atom is 0.334 e. The highest BCUT2D eigenvalue weighted by atomic mass is 35.5. The highest BCUT2D eigenvalue weighted by Crippen LogP contribution is 2.40. The molecule has 0 radical (unpaired) electrons. The van der Waals surface area contributed by atoms with E-state index in [1.165, 1.54) is 6.26 Å². The van der Waals surface area contributed by atoms with Gasteiger partial charge in [-0.15, -0.1) is 11.6 Å². The van der Waals surface area contributed by atoms with Gasteiger partial charge in [0, 0.05) is 23.6 Å². The zero-order valence-corrected chi connectivity index (χ0v) is 14.9. The lowest BCUT2D eigenvalue weighted by atomic mass is 9.83. The van der Waals surface area contributed by atoms with Gasteiger partial charge >= 0.3 is 5.97 Å². The molecule has 0 amide bonds. The largest absolute Gasteiger partial charge is 0.478 e. The Morgan fingerprint density at radius 1 is 1.36 bits per heavy atom. The number of aryl methyl sites for hydroxylation is 1. The summed E-state index contributed by atoms with van der Waals surface area (Å²) in [6.07, 6.45) is 4.64. The highest BCUT2D eigenvalue weighted by Gasteiger charge is 2.41. The molecule has 0 spiro atoms. The van der Waals surface area contributed by atoms with Crippen molar-refractivity contribution in [2.24, 2.45) is 0 Å². The van der Waals surface area contributed by atoms with Crippen LogP contribution in [0, 0.1) is 10.1 Å². The summed E-state index contributed by atoms with van der Waals surface area (Å²) in [5, 5.41) is 24.0. The fraction of sp³-hybridized carbons (Fsp3) is 0.471. The minimum Gasteiger partial charge on any atom is -0.478 e. The Morgan fingerprint density at radius 2 is 2.08 bits per heavy atom. The molecule has 1 atom stereocenters. The molecule has 1 unspecified atom stereocenters. The predicted octanol–water partition coefficient (Wildman–Crippen LogP) is 3.78. The number of carboxylic acids is 1. The summed E-state index contributed by atoms with van der Waals surface area (Å²) in [6, 6.07) is 1.62. The van der Waals surface area contributed by atoms with Crippen LogP contribution in [-0.2, 0) is 11.2 Å². The Morgan fingerprint density at radius 3 is 2.68 bits per heavy atom. The van der Waals surface area contributed by atoms with Crippen LogP contribution in [-0.4, -0.2) is 21.9 Å². The van der Waals surface area contributed by atoms with Crippen molar-refractivity contribution in [1.82, 2.24) is 5.32 Å². The number of carbonyl (C=O) groups is 1. The van der Waals surface area contributed by atoms with Crippen molar-refractivity contribution in [1.29, 1.82) is 0 Å². The second-order valence-electron chi connectivity index (χ2n) is 5.97. The van der Waals surface area contributed by atoms with Crippen LogP contribution in [0.4, 0.5) is 0 Å². The molecule has 0 fully saturated rings. The number of halogens is 1. The number of dihydropyridines is 1. The number of furan rings is 1. The van der Waals surface area contributed by atoms with E-state index in [-0.39, 0.29) is 11.3 Å². The first-order valence-corrected chi connectivity index (χ1v) is 8.60. The first-order valence-electron chi connectivity index (χ1n) is 8.07. The number of unbranched alkanes of at least 4 members (excludes halogenated alkanes) is 2. The van der Waals surface area contributed by atoms with Gasteiger partial charge in [0.15, 0.2) is 0 Å². The third-order valence-electron chi connectivity index (χ3n) is 4.28. The molecule has 1 aliphatic rings. The van der Waals surface area contributed by atoms with E-state index in [0.29, 0.717) is 35.0 Å². The van der Waals surface area contributed by atoms with Gasteiger partial charge in [-0.2, -0.15) is 0 Å². The van der Waals surface area contributed by atoms with Crippen molar-refractivity contribution in [3.05, 3.63) is 56.4 Å². The van der Waals surface area contributed by atoms with Gasteiger partial charge in [-0.25, -0.2) is 4.79 Å². The number of rotatable bonds is 8. The standard InChI is InChI=1S/C17H21ClN2O5/c1-10-14(17(21)22)15(16(20(23)24)11(2)19-10)12-7-9-25-13(12)6-4-3-5-8-18/h7,9,15,19H,3-6,8H2,1-2H3,(H,21,22). The monoisotopic (exact) mass is 368 g/mol. The van der Waals surface area contributed by atoms with Gasteiger partial charge in [0.25, 0.3) is 5.70 Å². The summed E-state index contributed by atoms with van der Waals surface area (Å²) < 4.78 is 5.51. The fourth-order valence-electron chi connectivity index (χ4n) is 3.18. The number of carboxylic acid groups (broad SMARTS) is 1. The maximum atomic E-state index is 11.8. The molecule has 25 heavy (non-hydrogen) atoms. The average molecular weight is 369 g/mol. The van der Waals surface area contributed by atoms with Crippen LogP contribution in [0.1, 0.15) is 50.4 Å². The molecule has 0 saturated heterocycles. The molecule has 136 valence electrons. The lowest BCUT2D eigenvalue weighted by Gasteiger charge is -2.25. The number of nitrogens with one attached hydrogen (secondary N) is 1. The van der Waals surface area contributed by atoms with Gasteiger partial charge in [-0.05, 0) is 32.8 Å². The van der Waals surface area contributed by atoms with Crippen LogP contribution in [0.3, 0.4) is 0 Å². The normalized spacial score (nSPS) is 17.6. The van der Waals surface area contributed by atoms with Crippen LogP contribution in [0.15, 0.2) is 39.4 Å². The molecule has 2 N–H and O–H groups in total. The molecule has 0 bridgehead atoms. The van der Waals surface area contributed by atoms with E-state index in [1.807, 2.05) is 0 Å². The van der Waals surface area contributed by atoms with Gasteiger partial charge in [-0.3, -0.25) is 10.1 Å². The lowest BCUT2D eigenvalue weighted by molar-refractivity contribution is -0.431. The number of hydrogen-bond donors (Lipinski definition) is 2. The molecule has 1 aromatic heterocycles. The first-order chi connectivity index (χ1) is 11.9. The van der Waals surface area contributed by atoms with Crippen molar-refractivity contribution < 1.29 is 19.2 Å². The average Bonchev–Trinajstić information content (AvgIpc) is 2.98. The second-order valence-corrected chi connectivity index (χ2v) is 6.35. The van der Waals surface area contributed by atoms with Gasteiger partial charge in [0.05, 0.1) is 22.5 Å². The van der Waals surface area contributed by atoms with Crippen molar-refractivity contribution in [2.45, 2.75) is 45.4 Å². The van der Waals surface area contributed by atoms with Crippen molar-refractivity contribution in [3.63, 3.8) is 0 Å². The van der Waals surface area contributed by atoms with Crippen LogP contribution in [0.2, 0.25) is 0 Å². The summed E-state index contributed by atoms with van der Waals surface area (Å²) in [5.74, 6) is -0.982. The molecule has 1 aliphatic heterocycles. The van der Waals surface area contributed by atoms with Crippen LogP contribution < -0.4 is 5.32 Å². The Kier molecular flexibility index (Phi) is 6.25. The molecule has 2 heterocycles. The molecule has 2 rings (SSSR count). The maximum absolute atomic E-state index is 11.8. The number of aliphatic carboxylic acids is 1. The molecule has 8 heteroatoms. The van der Waals surface area contributed by atoms with Crippen LogP contribution in [0.5, 0.6) is 0 Å². The minimum absolute atomic E-state index is 0.0271. The van der Waals surface area contributed by atoms with Gasteiger partial charge in [-0.1, -0.05) is 6.42 Å². The molecule has 0 aliphatic carbocycles. The Hall–Kier alpha value is -2.28. The molecule has 1 aromatic rings. The number of allylic oxidation sites excluding steroid dienone is 3. The smallest absolute Gasteiger partial charge is 0.334 e. The fourth-order valence-corrected chi connectivity index (χ4v) is 3.37. The topological polar surface area (TPSA) is 106 Å². The SMILES string of the molecule is CC1=C(C(=O)O)C(c2ccoc2CCCCCCl)C([N+](=O)[O-])=C(C)N1. The summed E-state index contributed by atoms with van der Waals surface area (Å²) in [7, 11) is 0. The first kappa shape index (κ1) is 19.1. The molecule has 7 nitrogen and oxygen atoms in total. The van der Waals surface area contributed by atoms with Gasteiger partial charge < -0.3 is 14.8 Å². The minimum atomic E-state index is -1.18. The second kappa shape index (κ2) is 8.20. The quantitative estimate of drug-likeness (QED) is 0.313. The van der Waals surface area contributed by atoms with Crippen LogP contribution in [0.25, 0.3) is 0 Å².